The van der Waals surface area contributed by atoms with Crippen molar-refractivity contribution in [3.05, 3.63) is 39.9 Å². The van der Waals surface area contributed by atoms with E-state index >= 15 is 0 Å². The number of methoxy groups -OCH3 is 1. The Kier molecular flexibility index (Phi) is 4.36. The number of aliphatic carboxylic acids is 1. The van der Waals surface area contributed by atoms with Gasteiger partial charge >= 0.3 is 11.9 Å². The molecule has 0 spiro atoms. The van der Waals surface area contributed by atoms with E-state index in [4.69, 9.17) is 5.11 Å². The largest absolute Gasteiger partial charge is 0.481 e. The number of ether oxygens (including phenoxy) is 1. The van der Waals surface area contributed by atoms with E-state index in [1.165, 1.54) is 24.3 Å². The van der Waals surface area contributed by atoms with Gasteiger partial charge in [0.2, 0.25) is 0 Å². The SMILES string of the molecule is COC(=O)C(Cc1ccc([N+](=O)[O-])cc1)C(=O)O. The molecule has 96 valence electrons. The Bertz CT molecular complexity index is 467. The maximum absolute atomic E-state index is 11.2. The Balaban J connectivity index is 2.85. The lowest BCUT2D eigenvalue weighted by atomic mass is 9.99. The van der Waals surface area contributed by atoms with Crippen LogP contribution in [0.4, 0.5) is 5.69 Å². The van der Waals surface area contributed by atoms with Gasteiger partial charge in [0.15, 0.2) is 5.92 Å². The molecule has 0 heterocycles. The number of carbonyl (C=O) groups excluding carboxylic acids is 1. The van der Waals surface area contributed by atoms with E-state index in [0.717, 1.165) is 7.11 Å². The van der Waals surface area contributed by atoms with Gasteiger partial charge in [0.1, 0.15) is 0 Å². The van der Waals surface area contributed by atoms with E-state index in [1.54, 1.807) is 0 Å². The first-order chi connectivity index (χ1) is 8.45. The van der Waals surface area contributed by atoms with Crippen molar-refractivity contribution in [2.24, 2.45) is 5.92 Å². The number of hydrogen-bond acceptors (Lipinski definition) is 5. The highest BCUT2D eigenvalue weighted by atomic mass is 16.6. The van der Waals surface area contributed by atoms with E-state index in [1.807, 2.05) is 0 Å². The predicted molar refractivity (Wildman–Crippen MR) is 59.9 cm³/mol. The summed E-state index contributed by atoms with van der Waals surface area (Å²) in [7, 11) is 1.11. The first kappa shape index (κ1) is 13.6. The van der Waals surface area contributed by atoms with E-state index in [0.29, 0.717) is 5.56 Å². The Hall–Kier alpha value is -2.44. The van der Waals surface area contributed by atoms with E-state index in [9.17, 15) is 19.7 Å². The number of hydrogen-bond donors (Lipinski definition) is 1. The van der Waals surface area contributed by atoms with Gasteiger partial charge in [-0.3, -0.25) is 19.7 Å². The third-order valence-electron chi connectivity index (χ3n) is 2.37. The van der Waals surface area contributed by atoms with Crippen LogP contribution in [0.2, 0.25) is 0 Å². The van der Waals surface area contributed by atoms with Gasteiger partial charge in [0, 0.05) is 12.1 Å². The molecule has 1 unspecified atom stereocenters. The lowest BCUT2D eigenvalue weighted by molar-refractivity contribution is -0.384. The predicted octanol–water partition coefficient (Wildman–Crippen LogP) is 1.01. The Morgan fingerprint density at radius 3 is 2.33 bits per heavy atom. The molecule has 0 amide bonds. The first-order valence-corrected chi connectivity index (χ1v) is 4.99. The van der Waals surface area contributed by atoms with Crippen molar-refractivity contribution in [1.29, 1.82) is 0 Å². The Labute approximate surface area is 102 Å². The summed E-state index contributed by atoms with van der Waals surface area (Å²) in [6.45, 7) is 0. The van der Waals surface area contributed by atoms with Crippen molar-refractivity contribution in [3.63, 3.8) is 0 Å². The second-order valence-corrected chi connectivity index (χ2v) is 3.54. The number of nitrogens with zero attached hydrogens (tertiary/aromatic N) is 1. The molecule has 1 aromatic rings. The van der Waals surface area contributed by atoms with Gasteiger partial charge in [-0.25, -0.2) is 0 Å². The minimum absolute atomic E-state index is 0.0694. The second-order valence-electron chi connectivity index (χ2n) is 3.54. The van der Waals surface area contributed by atoms with Gasteiger partial charge in [0.05, 0.1) is 12.0 Å². The molecule has 0 saturated heterocycles. The lowest BCUT2D eigenvalue weighted by Crippen LogP contribution is -2.27. The highest BCUT2D eigenvalue weighted by Gasteiger charge is 2.27. The molecule has 0 radical (unpaired) electrons. The molecular weight excluding hydrogens is 242 g/mol. The summed E-state index contributed by atoms with van der Waals surface area (Å²) in [6, 6.07) is 5.34. The summed E-state index contributed by atoms with van der Waals surface area (Å²) >= 11 is 0. The average Bonchev–Trinajstić information content (AvgIpc) is 2.35. The van der Waals surface area contributed by atoms with Crippen LogP contribution in [0.15, 0.2) is 24.3 Å². The number of nitro groups is 1. The number of carboxylic acid groups (broad SMARTS) is 1. The number of rotatable bonds is 5. The zero-order valence-electron chi connectivity index (χ0n) is 9.53. The number of non-ortho nitro benzene ring substituents is 1. The molecule has 0 fully saturated rings. The molecular formula is C11H11NO6. The number of esters is 1. The van der Waals surface area contributed by atoms with Crippen LogP contribution in [-0.4, -0.2) is 29.1 Å². The van der Waals surface area contributed by atoms with Crippen molar-refractivity contribution in [2.45, 2.75) is 6.42 Å². The molecule has 0 aliphatic heterocycles. The summed E-state index contributed by atoms with van der Waals surface area (Å²) < 4.78 is 4.38. The highest BCUT2D eigenvalue weighted by Crippen LogP contribution is 2.16. The number of carboxylic acids is 1. The van der Waals surface area contributed by atoms with E-state index in [2.05, 4.69) is 4.74 Å². The van der Waals surface area contributed by atoms with Gasteiger partial charge in [-0.15, -0.1) is 0 Å². The maximum atomic E-state index is 11.2. The molecule has 1 aromatic carbocycles. The summed E-state index contributed by atoms with van der Waals surface area (Å²) in [5.41, 5.74) is 0.419. The summed E-state index contributed by atoms with van der Waals surface area (Å²) in [6.07, 6.45) is -0.0694. The normalized spacial score (nSPS) is 11.6. The van der Waals surface area contributed by atoms with Crippen LogP contribution in [-0.2, 0) is 20.7 Å². The minimum atomic E-state index is -1.31. The number of benzene rings is 1. The summed E-state index contributed by atoms with van der Waals surface area (Å²) in [5, 5.41) is 19.3. The third-order valence-corrected chi connectivity index (χ3v) is 2.37. The summed E-state index contributed by atoms with van der Waals surface area (Å²) in [4.78, 5) is 32.0. The molecule has 7 nitrogen and oxygen atoms in total. The van der Waals surface area contributed by atoms with E-state index < -0.39 is 22.8 Å². The Morgan fingerprint density at radius 1 is 1.39 bits per heavy atom. The Morgan fingerprint density at radius 2 is 1.94 bits per heavy atom. The third kappa shape index (κ3) is 3.27. The van der Waals surface area contributed by atoms with Crippen molar-refractivity contribution >= 4 is 17.6 Å². The molecule has 0 aliphatic rings. The molecule has 7 heteroatoms. The van der Waals surface area contributed by atoms with Crippen LogP contribution in [0.3, 0.4) is 0 Å². The van der Waals surface area contributed by atoms with Gasteiger partial charge in [0.25, 0.3) is 5.69 Å². The first-order valence-electron chi connectivity index (χ1n) is 4.99. The van der Waals surface area contributed by atoms with Crippen molar-refractivity contribution in [3.8, 4) is 0 Å². The topological polar surface area (TPSA) is 107 Å². The molecule has 1 rings (SSSR count). The van der Waals surface area contributed by atoms with E-state index in [-0.39, 0.29) is 12.1 Å². The number of nitro benzene ring substituents is 1. The van der Waals surface area contributed by atoms with Gasteiger partial charge in [-0.05, 0) is 12.0 Å². The average molecular weight is 253 g/mol. The molecule has 0 aliphatic carbocycles. The zero-order valence-corrected chi connectivity index (χ0v) is 9.53. The van der Waals surface area contributed by atoms with Crippen molar-refractivity contribution in [1.82, 2.24) is 0 Å². The van der Waals surface area contributed by atoms with Gasteiger partial charge in [-0.1, -0.05) is 12.1 Å². The smallest absolute Gasteiger partial charge is 0.320 e. The standard InChI is InChI=1S/C11H11NO6/c1-18-11(15)9(10(13)14)6-7-2-4-8(5-3-7)12(16)17/h2-5,9H,6H2,1H3,(H,13,14). The van der Waals surface area contributed by atoms with Gasteiger partial charge < -0.3 is 9.84 Å². The van der Waals surface area contributed by atoms with Crippen molar-refractivity contribution < 1.29 is 24.4 Å². The van der Waals surface area contributed by atoms with Crippen LogP contribution < -0.4 is 0 Å². The molecule has 0 aromatic heterocycles. The fraction of sp³-hybridized carbons (Fsp3) is 0.273. The van der Waals surface area contributed by atoms with Crippen LogP contribution in [0.25, 0.3) is 0 Å². The summed E-state index contributed by atoms with van der Waals surface area (Å²) in [5.74, 6) is -3.45. The molecule has 1 N–H and O–H groups in total. The van der Waals surface area contributed by atoms with Crippen molar-refractivity contribution in [2.75, 3.05) is 7.11 Å². The molecule has 1 atom stereocenters. The molecule has 18 heavy (non-hydrogen) atoms. The van der Waals surface area contributed by atoms with Gasteiger partial charge in [-0.2, -0.15) is 0 Å². The maximum Gasteiger partial charge on any atom is 0.320 e. The van der Waals surface area contributed by atoms with Crippen LogP contribution in [0.5, 0.6) is 0 Å². The quantitative estimate of drug-likeness (QED) is 0.363. The lowest BCUT2D eigenvalue weighted by Gasteiger charge is -2.09. The second kappa shape index (κ2) is 5.76. The number of carbonyl (C=O) groups is 2. The van der Waals surface area contributed by atoms with Crippen LogP contribution in [0, 0.1) is 16.0 Å². The minimum Gasteiger partial charge on any atom is -0.481 e. The monoisotopic (exact) mass is 253 g/mol. The zero-order chi connectivity index (χ0) is 13.7. The fourth-order valence-corrected chi connectivity index (χ4v) is 1.40. The highest BCUT2D eigenvalue weighted by molar-refractivity contribution is 5.94. The molecule has 0 saturated carbocycles. The molecule has 0 bridgehead atoms. The van der Waals surface area contributed by atoms with Crippen LogP contribution >= 0.6 is 0 Å². The van der Waals surface area contributed by atoms with Crippen LogP contribution in [0.1, 0.15) is 5.56 Å². The fourth-order valence-electron chi connectivity index (χ4n) is 1.40.